The van der Waals surface area contributed by atoms with E-state index in [1.54, 1.807) is 14.2 Å². The van der Waals surface area contributed by atoms with Crippen molar-refractivity contribution < 1.29 is 9.47 Å². The van der Waals surface area contributed by atoms with E-state index in [0.717, 1.165) is 24.6 Å². The molecule has 1 aromatic rings. The molecule has 0 saturated heterocycles. The molecule has 0 atom stereocenters. The molecule has 0 radical (unpaired) electrons. The molecule has 0 aromatic heterocycles. The molecule has 19 heavy (non-hydrogen) atoms. The zero-order valence-electron chi connectivity index (χ0n) is 12.3. The van der Waals surface area contributed by atoms with Gasteiger partial charge < -0.3 is 14.8 Å². The van der Waals surface area contributed by atoms with Crippen molar-refractivity contribution in [3.63, 3.8) is 0 Å². The van der Waals surface area contributed by atoms with Crippen molar-refractivity contribution in [1.29, 1.82) is 0 Å². The summed E-state index contributed by atoms with van der Waals surface area (Å²) in [6.45, 7) is 4.34. The molecule has 2 rings (SSSR count). The van der Waals surface area contributed by atoms with Crippen LogP contribution in [-0.4, -0.2) is 20.8 Å². The summed E-state index contributed by atoms with van der Waals surface area (Å²) in [4.78, 5) is 0. The van der Waals surface area contributed by atoms with Gasteiger partial charge in [-0.3, -0.25) is 0 Å². The number of benzene rings is 1. The monoisotopic (exact) mass is 263 g/mol. The number of nitrogens with one attached hydrogen (secondary N) is 1. The van der Waals surface area contributed by atoms with Crippen molar-refractivity contribution in [1.82, 2.24) is 5.32 Å². The Balaban J connectivity index is 1.91. The molecular formula is C16H25NO2. The third-order valence-electron chi connectivity index (χ3n) is 4.10. The number of hydrogen-bond donors (Lipinski definition) is 1. The van der Waals surface area contributed by atoms with Crippen LogP contribution in [0.2, 0.25) is 0 Å². The molecule has 3 heteroatoms. The second kappa shape index (κ2) is 6.29. The summed E-state index contributed by atoms with van der Waals surface area (Å²) in [5, 5.41) is 3.58. The van der Waals surface area contributed by atoms with Crippen molar-refractivity contribution in [2.24, 2.45) is 5.41 Å². The highest BCUT2D eigenvalue weighted by Crippen LogP contribution is 2.36. The van der Waals surface area contributed by atoms with Crippen molar-refractivity contribution in [2.45, 2.75) is 39.2 Å². The van der Waals surface area contributed by atoms with Crippen LogP contribution < -0.4 is 14.8 Å². The lowest BCUT2D eigenvalue weighted by Gasteiger charge is -2.24. The quantitative estimate of drug-likeness (QED) is 0.853. The maximum Gasteiger partial charge on any atom is 0.122 e. The maximum atomic E-state index is 5.29. The first-order chi connectivity index (χ1) is 9.15. The summed E-state index contributed by atoms with van der Waals surface area (Å²) in [6.07, 6.45) is 5.46. The summed E-state index contributed by atoms with van der Waals surface area (Å²) >= 11 is 0. The van der Waals surface area contributed by atoms with E-state index in [1.165, 1.54) is 31.2 Å². The van der Waals surface area contributed by atoms with Crippen LogP contribution in [0.3, 0.4) is 0 Å². The van der Waals surface area contributed by atoms with E-state index in [1.807, 2.05) is 6.07 Å². The Hall–Kier alpha value is -1.22. The van der Waals surface area contributed by atoms with Crippen LogP contribution in [0.25, 0.3) is 0 Å². The molecular weight excluding hydrogens is 238 g/mol. The topological polar surface area (TPSA) is 30.5 Å². The van der Waals surface area contributed by atoms with E-state index >= 15 is 0 Å². The van der Waals surface area contributed by atoms with Gasteiger partial charge in [-0.25, -0.2) is 0 Å². The average Bonchev–Trinajstić information content (AvgIpc) is 2.85. The number of hydrogen-bond acceptors (Lipinski definition) is 3. The molecule has 0 unspecified atom stereocenters. The van der Waals surface area contributed by atoms with Gasteiger partial charge in [0.15, 0.2) is 0 Å². The molecule has 0 amide bonds. The van der Waals surface area contributed by atoms with Crippen LogP contribution in [0.4, 0.5) is 0 Å². The molecule has 3 nitrogen and oxygen atoms in total. The van der Waals surface area contributed by atoms with Crippen LogP contribution in [0.1, 0.15) is 38.2 Å². The van der Waals surface area contributed by atoms with Gasteiger partial charge in [0.1, 0.15) is 11.5 Å². The molecule has 1 N–H and O–H groups in total. The van der Waals surface area contributed by atoms with Crippen LogP contribution in [0, 0.1) is 5.41 Å². The molecule has 1 aliphatic carbocycles. The lowest BCUT2D eigenvalue weighted by atomic mass is 9.89. The molecule has 0 aliphatic heterocycles. The molecule has 1 aromatic carbocycles. The van der Waals surface area contributed by atoms with Gasteiger partial charge in [-0.15, -0.1) is 0 Å². The van der Waals surface area contributed by atoms with E-state index in [4.69, 9.17) is 9.47 Å². The molecule has 0 bridgehead atoms. The minimum atomic E-state index is 0.489. The van der Waals surface area contributed by atoms with E-state index in [0.29, 0.717) is 5.41 Å². The average molecular weight is 263 g/mol. The Morgan fingerprint density at radius 2 is 1.63 bits per heavy atom. The van der Waals surface area contributed by atoms with E-state index < -0.39 is 0 Å². The van der Waals surface area contributed by atoms with Crippen LogP contribution in [0.5, 0.6) is 11.5 Å². The predicted molar refractivity (Wildman–Crippen MR) is 77.8 cm³/mol. The van der Waals surface area contributed by atoms with E-state index in [2.05, 4.69) is 24.4 Å². The summed E-state index contributed by atoms with van der Waals surface area (Å²) in [7, 11) is 3.37. The lowest BCUT2D eigenvalue weighted by molar-refractivity contribution is 0.314. The number of ether oxygens (including phenoxy) is 2. The SMILES string of the molecule is COc1cc(CNCC2(C)CCCC2)cc(OC)c1. The van der Waals surface area contributed by atoms with Gasteiger partial charge in [-0.2, -0.15) is 0 Å². The Bertz CT molecular complexity index is 389. The Morgan fingerprint density at radius 1 is 1.05 bits per heavy atom. The van der Waals surface area contributed by atoms with Gasteiger partial charge in [-0.1, -0.05) is 19.8 Å². The van der Waals surface area contributed by atoms with Gasteiger partial charge in [0, 0.05) is 19.2 Å². The Labute approximate surface area is 116 Å². The Morgan fingerprint density at radius 3 is 2.16 bits per heavy atom. The van der Waals surface area contributed by atoms with Crippen LogP contribution >= 0.6 is 0 Å². The smallest absolute Gasteiger partial charge is 0.122 e. The summed E-state index contributed by atoms with van der Waals surface area (Å²) in [5.41, 5.74) is 1.70. The van der Waals surface area contributed by atoms with Gasteiger partial charge >= 0.3 is 0 Å². The largest absolute Gasteiger partial charge is 0.497 e. The highest BCUT2D eigenvalue weighted by Gasteiger charge is 2.27. The van der Waals surface area contributed by atoms with Gasteiger partial charge in [0.25, 0.3) is 0 Å². The van der Waals surface area contributed by atoms with Crippen molar-refractivity contribution >= 4 is 0 Å². The maximum absolute atomic E-state index is 5.29. The van der Waals surface area contributed by atoms with Crippen LogP contribution in [-0.2, 0) is 6.54 Å². The normalized spacial score (nSPS) is 17.4. The predicted octanol–water partition coefficient (Wildman–Crippen LogP) is 3.37. The first-order valence-electron chi connectivity index (χ1n) is 7.08. The molecule has 0 heterocycles. The molecule has 0 spiro atoms. The zero-order valence-corrected chi connectivity index (χ0v) is 12.3. The molecule has 1 fully saturated rings. The Kier molecular flexibility index (Phi) is 4.70. The third-order valence-corrected chi connectivity index (χ3v) is 4.10. The highest BCUT2D eigenvalue weighted by molar-refractivity contribution is 5.38. The zero-order chi connectivity index (χ0) is 13.7. The minimum Gasteiger partial charge on any atom is -0.497 e. The second-order valence-electron chi connectivity index (χ2n) is 5.84. The summed E-state index contributed by atoms with van der Waals surface area (Å²) in [5.74, 6) is 1.70. The van der Waals surface area contributed by atoms with E-state index in [-0.39, 0.29) is 0 Å². The van der Waals surface area contributed by atoms with Crippen molar-refractivity contribution in [3.05, 3.63) is 23.8 Å². The summed E-state index contributed by atoms with van der Waals surface area (Å²) in [6, 6.07) is 6.03. The molecule has 1 aliphatic rings. The molecule has 1 saturated carbocycles. The first-order valence-corrected chi connectivity index (χ1v) is 7.08. The number of methoxy groups -OCH3 is 2. The third kappa shape index (κ3) is 3.87. The van der Waals surface area contributed by atoms with E-state index in [9.17, 15) is 0 Å². The first kappa shape index (κ1) is 14.2. The van der Waals surface area contributed by atoms with Gasteiger partial charge in [-0.05, 0) is 36.0 Å². The van der Waals surface area contributed by atoms with Gasteiger partial charge in [0.2, 0.25) is 0 Å². The van der Waals surface area contributed by atoms with Gasteiger partial charge in [0.05, 0.1) is 14.2 Å². The fraction of sp³-hybridized carbons (Fsp3) is 0.625. The molecule has 106 valence electrons. The fourth-order valence-electron chi connectivity index (χ4n) is 2.88. The van der Waals surface area contributed by atoms with Crippen molar-refractivity contribution in [2.75, 3.05) is 20.8 Å². The standard InChI is InChI=1S/C16H25NO2/c1-16(6-4-5-7-16)12-17-11-13-8-14(18-2)10-15(9-13)19-3/h8-10,17H,4-7,11-12H2,1-3H3. The number of rotatable bonds is 6. The van der Waals surface area contributed by atoms with Crippen LogP contribution in [0.15, 0.2) is 18.2 Å². The lowest BCUT2D eigenvalue weighted by Crippen LogP contribution is -2.29. The van der Waals surface area contributed by atoms with Crippen molar-refractivity contribution in [3.8, 4) is 11.5 Å². The fourth-order valence-corrected chi connectivity index (χ4v) is 2.88. The summed E-state index contributed by atoms with van der Waals surface area (Å²) < 4.78 is 10.6. The highest BCUT2D eigenvalue weighted by atomic mass is 16.5. The minimum absolute atomic E-state index is 0.489. The second-order valence-corrected chi connectivity index (χ2v) is 5.84.